The van der Waals surface area contributed by atoms with Crippen LogP contribution in [0.1, 0.15) is 51.9 Å². The first-order valence-corrected chi connectivity index (χ1v) is 6.72. The molecular weight excluding hydrogens is 210 g/mol. The average Bonchev–Trinajstić information content (AvgIpc) is 2.82. The molecule has 1 amide bonds. The van der Waals surface area contributed by atoms with Crippen LogP contribution >= 0.6 is 0 Å². The minimum atomic E-state index is 0.188. The van der Waals surface area contributed by atoms with E-state index >= 15 is 0 Å². The van der Waals surface area contributed by atoms with E-state index in [1.54, 1.807) is 0 Å². The molecule has 0 aliphatic heterocycles. The van der Waals surface area contributed by atoms with Crippen molar-refractivity contribution in [1.82, 2.24) is 5.32 Å². The Balaban J connectivity index is 1.94. The Kier molecular flexibility index (Phi) is 7.17. The molecule has 0 saturated carbocycles. The zero-order valence-electron chi connectivity index (χ0n) is 10.8. The SMILES string of the molecule is CCCCCCNC(=O)CCCC1=C=CC=C1. The van der Waals surface area contributed by atoms with E-state index in [9.17, 15) is 4.79 Å². The standard InChI is InChI=1S/C15H23NO/c1-2-3-4-7-13-16-15(17)12-8-11-14-9-5-6-10-14/h5-6,9H,2-4,7-8,11-13H2,1H3,(H,16,17). The zero-order valence-corrected chi connectivity index (χ0v) is 10.8. The average molecular weight is 233 g/mol. The molecule has 0 unspecified atom stereocenters. The number of carbonyl (C=O) groups is 1. The maximum Gasteiger partial charge on any atom is 0.220 e. The van der Waals surface area contributed by atoms with Crippen molar-refractivity contribution >= 4 is 5.91 Å². The van der Waals surface area contributed by atoms with Crippen LogP contribution < -0.4 is 5.32 Å². The number of nitrogens with one attached hydrogen (secondary N) is 1. The van der Waals surface area contributed by atoms with E-state index in [0.717, 1.165) is 25.8 Å². The lowest BCUT2D eigenvalue weighted by Gasteiger charge is -2.04. The van der Waals surface area contributed by atoms with Gasteiger partial charge < -0.3 is 5.32 Å². The second kappa shape index (κ2) is 8.83. The van der Waals surface area contributed by atoms with E-state index in [0.29, 0.717) is 6.42 Å². The highest BCUT2D eigenvalue weighted by Gasteiger charge is 2.01. The van der Waals surface area contributed by atoms with Crippen molar-refractivity contribution in [2.24, 2.45) is 0 Å². The van der Waals surface area contributed by atoms with E-state index < -0.39 is 0 Å². The molecule has 0 saturated heterocycles. The van der Waals surface area contributed by atoms with Gasteiger partial charge in [-0.05, 0) is 30.9 Å². The van der Waals surface area contributed by atoms with Crippen LogP contribution in [0, 0.1) is 0 Å². The molecule has 1 N–H and O–H groups in total. The van der Waals surface area contributed by atoms with Crippen molar-refractivity contribution in [3.63, 3.8) is 0 Å². The Morgan fingerprint density at radius 3 is 2.88 bits per heavy atom. The Hall–Kier alpha value is -1.27. The van der Waals surface area contributed by atoms with Crippen LogP contribution in [0.25, 0.3) is 0 Å². The van der Waals surface area contributed by atoms with Crippen molar-refractivity contribution in [2.75, 3.05) is 6.54 Å². The smallest absolute Gasteiger partial charge is 0.220 e. The number of amides is 1. The monoisotopic (exact) mass is 233 g/mol. The lowest BCUT2D eigenvalue weighted by Crippen LogP contribution is -2.23. The highest BCUT2D eigenvalue weighted by Crippen LogP contribution is 2.10. The molecule has 0 fully saturated rings. The fourth-order valence-corrected chi connectivity index (χ4v) is 1.83. The second-order valence-corrected chi connectivity index (χ2v) is 4.46. The van der Waals surface area contributed by atoms with Crippen LogP contribution in [-0.4, -0.2) is 12.5 Å². The molecule has 1 aliphatic rings. The molecule has 94 valence electrons. The summed E-state index contributed by atoms with van der Waals surface area (Å²) in [6.45, 7) is 3.03. The van der Waals surface area contributed by atoms with Crippen molar-refractivity contribution < 1.29 is 4.79 Å². The molecule has 0 bridgehead atoms. The predicted octanol–water partition coefficient (Wildman–Crippen LogP) is 3.50. The number of rotatable bonds is 9. The maximum atomic E-state index is 11.5. The number of hydrogen-bond acceptors (Lipinski definition) is 1. The van der Waals surface area contributed by atoms with Gasteiger partial charge in [0, 0.05) is 13.0 Å². The van der Waals surface area contributed by atoms with Crippen LogP contribution in [0.3, 0.4) is 0 Å². The number of allylic oxidation sites excluding steroid dienone is 3. The van der Waals surface area contributed by atoms with Crippen LogP contribution in [0.4, 0.5) is 0 Å². The highest BCUT2D eigenvalue weighted by atomic mass is 16.1. The molecule has 0 atom stereocenters. The van der Waals surface area contributed by atoms with Gasteiger partial charge in [0.2, 0.25) is 5.91 Å². The molecule has 2 heteroatoms. The number of unbranched alkanes of at least 4 members (excludes halogenated alkanes) is 3. The van der Waals surface area contributed by atoms with Gasteiger partial charge >= 0.3 is 0 Å². The summed E-state index contributed by atoms with van der Waals surface area (Å²) >= 11 is 0. The van der Waals surface area contributed by atoms with E-state index in [1.807, 2.05) is 12.2 Å². The van der Waals surface area contributed by atoms with Gasteiger partial charge in [-0.3, -0.25) is 4.79 Å². The molecule has 0 radical (unpaired) electrons. The Labute approximate surface area is 104 Å². The fourth-order valence-electron chi connectivity index (χ4n) is 1.83. The van der Waals surface area contributed by atoms with Crippen molar-refractivity contribution in [3.8, 4) is 0 Å². The largest absolute Gasteiger partial charge is 0.356 e. The second-order valence-electron chi connectivity index (χ2n) is 4.46. The van der Waals surface area contributed by atoms with E-state index in [-0.39, 0.29) is 5.91 Å². The highest BCUT2D eigenvalue weighted by molar-refractivity contribution is 5.75. The molecular formula is C15H23NO. The van der Waals surface area contributed by atoms with Gasteiger partial charge in [0.05, 0.1) is 0 Å². The van der Waals surface area contributed by atoms with Gasteiger partial charge in [0.1, 0.15) is 0 Å². The lowest BCUT2D eigenvalue weighted by atomic mass is 10.1. The van der Waals surface area contributed by atoms with Gasteiger partial charge in [0.15, 0.2) is 0 Å². The summed E-state index contributed by atoms with van der Waals surface area (Å²) in [6.07, 6.45) is 13.3. The van der Waals surface area contributed by atoms with Gasteiger partial charge in [-0.2, -0.15) is 0 Å². The first kappa shape index (κ1) is 13.8. The van der Waals surface area contributed by atoms with Crippen LogP contribution in [-0.2, 0) is 4.79 Å². The summed E-state index contributed by atoms with van der Waals surface area (Å²) in [5.74, 6) is 0.188. The number of carbonyl (C=O) groups excluding carboxylic acids is 1. The molecule has 0 aromatic heterocycles. The molecule has 17 heavy (non-hydrogen) atoms. The van der Waals surface area contributed by atoms with Crippen LogP contribution in [0.5, 0.6) is 0 Å². The Morgan fingerprint density at radius 2 is 2.18 bits per heavy atom. The van der Waals surface area contributed by atoms with Crippen molar-refractivity contribution in [2.45, 2.75) is 51.9 Å². The van der Waals surface area contributed by atoms with Gasteiger partial charge in [-0.25, -0.2) is 0 Å². The van der Waals surface area contributed by atoms with E-state index in [1.165, 1.54) is 24.8 Å². The normalized spacial score (nSPS) is 12.9. The van der Waals surface area contributed by atoms with E-state index in [2.05, 4.69) is 24.0 Å². The first-order chi connectivity index (χ1) is 8.33. The summed E-state index contributed by atoms with van der Waals surface area (Å²) in [5.41, 5.74) is 4.35. The van der Waals surface area contributed by atoms with Crippen molar-refractivity contribution in [1.29, 1.82) is 0 Å². The summed E-state index contributed by atoms with van der Waals surface area (Å²) in [7, 11) is 0. The predicted molar refractivity (Wildman–Crippen MR) is 71.7 cm³/mol. The summed E-state index contributed by atoms with van der Waals surface area (Å²) in [6, 6.07) is 0. The van der Waals surface area contributed by atoms with Gasteiger partial charge in [-0.1, -0.05) is 38.3 Å². The molecule has 0 aromatic carbocycles. The molecule has 2 nitrogen and oxygen atoms in total. The van der Waals surface area contributed by atoms with Gasteiger partial charge in [-0.15, -0.1) is 5.73 Å². The third-order valence-electron chi connectivity index (χ3n) is 2.86. The molecule has 1 rings (SSSR count). The van der Waals surface area contributed by atoms with Crippen LogP contribution in [0.15, 0.2) is 29.5 Å². The lowest BCUT2D eigenvalue weighted by molar-refractivity contribution is -0.121. The van der Waals surface area contributed by atoms with Crippen LogP contribution in [0.2, 0.25) is 0 Å². The molecule has 0 heterocycles. The summed E-state index contributed by atoms with van der Waals surface area (Å²) in [5, 5.41) is 2.97. The molecule has 0 spiro atoms. The molecule has 1 aliphatic carbocycles. The Morgan fingerprint density at radius 1 is 1.29 bits per heavy atom. The Bertz CT molecular complexity index is 322. The third-order valence-corrected chi connectivity index (χ3v) is 2.86. The third kappa shape index (κ3) is 6.80. The summed E-state index contributed by atoms with van der Waals surface area (Å²) < 4.78 is 0. The topological polar surface area (TPSA) is 29.1 Å². The summed E-state index contributed by atoms with van der Waals surface area (Å²) in [4.78, 5) is 11.5. The number of hydrogen-bond donors (Lipinski definition) is 1. The maximum absolute atomic E-state index is 11.5. The quantitative estimate of drug-likeness (QED) is 0.479. The zero-order chi connectivity index (χ0) is 12.3. The minimum Gasteiger partial charge on any atom is -0.356 e. The van der Waals surface area contributed by atoms with Gasteiger partial charge in [0.25, 0.3) is 0 Å². The van der Waals surface area contributed by atoms with Crippen molar-refractivity contribution in [3.05, 3.63) is 29.5 Å². The van der Waals surface area contributed by atoms with E-state index in [4.69, 9.17) is 0 Å². The minimum absolute atomic E-state index is 0.188. The fraction of sp³-hybridized carbons (Fsp3) is 0.600. The first-order valence-electron chi connectivity index (χ1n) is 6.72. The molecule has 0 aromatic rings.